The van der Waals surface area contributed by atoms with Crippen molar-refractivity contribution in [2.75, 3.05) is 13.2 Å². The number of aliphatic hydroxyl groups is 1. The van der Waals surface area contributed by atoms with Crippen LogP contribution in [0.4, 0.5) is 0 Å². The summed E-state index contributed by atoms with van der Waals surface area (Å²) in [5.74, 6) is 0. The second-order valence-electron chi connectivity index (χ2n) is 16.1. The average Bonchev–Trinajstić information content (AvgIpc) is 3.05. The molecule has 0 spiro atoms. The van der Waals surface area contributed by atoms with Gasteiger partial charge in [-0.15, -0.1) is 0 Å². The van der Waals surface area contributed by atoms with E-state index in [1.807, 2.05) is 13.8 Å². The molecule has 0 bridgehead atoms. The van der Waals surface area contributed by atoms with Gasteiger partial charge in [0.25, 0.3) is 20.2 Å². The van der Waals surface area contributed by atoms with E-state index in [2.05, 4.69) is 47.7 Å². The molecule has 49 heavy (non-hydrogen) atoms. The van der Waals surface area contributed by atoms with E-state index >= 15 is 0 Å². The van der Waals surface area contributed by atoms with Crippen molar-refractivity contribution in [1.29, 1.82) is 0 Å². The van der Waals surface area contributed by atoms with Crippen molar-refractivity contribution in [3.05, 3.63) is 59.7 Å². The van der Waals surface area contributed by atoms with E-state index in [1.165, 1.54) is 0 Å². The highest BCUT2D eigenvalue weighted by Gasteiger charge is 2.42. The van der Waals surface area contributed by atoms with Gasteiger partial charge in [0.1, 0.15) is 0 Å². The first-order valence-corrected chi connectivity index (χ1v) is 23.7. The smallest absolute Gasteiger partial charge is 0.296 e. The molecule has 0 atom stereocenters. The van der Waals surface area contributed by atoms with E-state index < -0.39 is 28.6 Å². The molecule has 2 fully saturated rings. The normalized spacial score (nSPS) is 25.3. The first kappa shape index (κ1) is 41.8. The Morgan fingerprint density at radius 3 is 1.37 bits per heavy atom. The summed E-state index contributed by atoms with van der Waals surface area (Å²) in [5.41, 5.74) is 1.84. The Kier molecular flexibility index (Phi) is 14.4. The van der Waals surface area contributed by atoms with E-state index in [-0.39, 0.29) is 51.1 Å². The Hall–Kier alpha value is -1.60. The zero-order valence-electron chi connectivity index (χ0n) is 31.4. The lowest BCUT2D eigenvalue weighted by atomic mass is 9.72. The third-order valence-electron chi connectivity index (χ3n) is 11.4. The quantitative estimate of drug-likeness (QED) is 0.169. The molecular formula is C38H62O8S2Si. The maximum atomic E-state index is 12.6. The topological polar surface area (TPSA) is 116 Å². The highest BCUT2D eigenvalue weighted by Crippen LogP contribution is 2.44. The maximum Gasteiger partial charge on any atom is 0.296 e. The molecule has 2 aliphatic rings. The van der Waals surface area contributed by atoms with Gasteiger partial charge in [0.2, 0.25) is 0 Å². The van der Waals surface area contributed by atoms with Crippen molar-refractivity contribution < 1.29 is 34.7 Å². The van der Waals surface area contributed by atoms with Crippen LogP contribution < -0.4 is 0 Å². The Morgan fingerprint density at radius 2 is 1.04 bits per heavy atom. The summed E-state index contributed by atoms with van der Waals surface area (Å²) in [6.45, 7) is 19.9. The van der Waals surface area contributed by atoms with E-state index in [1.54, 1.807) is 48.5 Å². The van der Waals surface area contributed by atoms with Gasteiger partial charge >= 0.3 is 0 Å². The summed E-state index contributed by atoms with van der Waals surface area (Å²) in [6.07, 6.45) is 8.76. The van der Waals surface area contributed by atoms with E-state index in [9.17, 15) is 21.9 Å². The number of rotatable bonds is 12. The van der Waals surface area contributed by atoms with E-state index in [4.69, 9.17) is 12.8 Å². The molecule has 2 aromatic carbocycles. The highest BCUT2D eigenvalue weighted by molar-refractivity contribution is 7.87. The van der Waals surface area contributed by atoms with Crippen LogP contribution >= 0.6 is 0 Å². The van der Waals surface area contributed by atoms with Gasteiger partial charge in [0.15, 0.2) is 8.32 Å². The minimum absolute atomic E-state index is 0.0783. The van der Waals surface area contributed by atoms with Crippen LogP contribution in [0.1, 0.15) is 110 Å². The second-order valence-corrected chi connectivity index (χ2v) is 24.1. The third-order valence-corrected chi connectivity index (χ3v) is 18.5. The molecule has 0 radical (unpaired) electrons. The van der Waals surface area contributed by atoms with E-state index in [0.717, 1.165) is 75.3 Å². The van der Waals surface area contributed by atoms with Crippen molar-refractivity contribution in [2.24, 2.45) is 10.8 Å². The minimum atomic E-state index is -3.71. The molecule has 2 aliphatic carbocycles. The number of aliphatic hydroxyl groups excluding tert-OH is 1. The Bertz CT molecular complexity index is 1530. The van der Waals surface area contributed by atoms with Gasteiger partial charge in [0, 0.05) is 6.10 Å². The van der Waals surface area contributed by atoms with E-state index in [0.29, 0.717) is 0 Å². The Balaban J connectivity index is 0.000000276. The number of benzene rings is 2. The van der Waals surface area contributed by atoms with Gasteiger partial charge in [-0.3, -0.25) is 8.37 Å². The molecule has 0 unspecified atom stereocenters. The molecule has 0 aromatic heterocycles. The van der Waals surface area contributed by atoms with Crippen LogP contribution in [0.15, 0.2) is 58.3 Å². The third kappa shape index (κ3) is 11.7. The average molecular weight is 739 g/mol. The molecule has 278 valence electrons. The molecular weight excluding hydrogens is 677 g/mol. The summed E-state index contributed by atoms with van der Waals surface area (Å²) in [5, 5.41) is 9.82. The van der Waals surface area contributed by atoms with Gasteiger partial charge in [-0.05, 0) is 131 Å². The molecule has 8 nitrogen and oxygen atoms in total. The van der Waals surface area contributed by atoms with Crippen LogP contribution in [-0.2, 0) is 33.0 Å². The van der Waals surface area contributed by atoms with Crippen molar-refractivity contribution in [2.45, 2.75) is 153 Å². The summed E-state index contributed by atoms with van der Waals surface area (Å²) in [7, 11) is -9.18. The second kappa shape index (κ2) is 16.8. The fraction of sp³-hybridized carbons (Fsp3) is 0.684. The van der Waals surface area contributed by atoms with Gasteiger partial charge in [-0.25, -0.2) is 0 Å². The molecule has 4 rings (SSSR count). The first-order valence-electron chi connectivity index (χ1n) is 18.0. The maximum absolute atomic E-state index is 12.6. The standard InChI is InChI=1S/C22H38O4SSi.C16H24O4S/c1-8-22(17-25-27(23,24)20-11-9-18(2)10-12-20)15-13-19(14-16-22)26-28(6,7)21(3,4)5;1-3-16(10-8-14(17)9-11-16)12-20-21(18,19)15-6-4-13(2)5-7-15/h9-12,19H,8,13-17H2,1-7H3;4-7,14,17H,3,8-12H2,1-2H3. The fourth-order valence-corrected chi connectivity index (χ4v) is 9.72. The van der Waals surface area contributed by atoms with Crippen LogP contribution in [0.5, 0.6) is 0 Å². The summed E-state index contributed by atoms with van der Waals surface area (Å²) >= 11 is 0. The van der Waals surface area contributed by atoms with Crippen molar-refractivity contribution in [3.8, 4) is 0 Å². The SMILES string of the molecule is CCC1(COS(=O)(=O)c2ccc(C)cc2)CCC(O)CC1.CCC1(COS(=O)(=O)c2ccc(C)cc2)CCC(O[Si](C)(C)C(C)(C)C)CC1. The number of aryl methyl sites for hydroxylation is 2. The minimum Gasteiger partial charge on any atom is -0.414 e. The summed E-state index contributed by atoms with van der Waals surface area (Å²) in [6, 6.07) is 13.5. The van der Waals surface area contributed by atoms with Crippen LogP contribution in [0.2, 0.25) is 18.1 Å². The van der Waals surface area contributed by atoms with Gasteiger partial charge in [-0.1, -0.05) is 70.0 Å². The lowest BCUT2D eigenvalue weighted by molar-refractivity contribution is 0.0308. The Morgan fingerprint density at radius 1 is 0.694 bits per heavy atom. The molecule has 0 amide bonds. The molecule has 0 heterocycles. The molecule has 2 saturated carbocycles. The number of hydrogen-bond acceptors (Lipinski definition) is 8. The predicted molar refractivity (Wildman–Crippen MR) is 199 cm³/mol. The number of hydrogen-bond donors (Lipinski definition) is 1. The predicted octanol–water partition coefficient (Wildman–Crippen LogP) is 9.09. The van der Waals surface area contributed by atoms with Crippen LogP contribution in [0.3, 0.4) is 0 Å². The zero-order chi connectivity index (χ0) is 36.7. The van der Waals surface area contributed by atoms with Gasteiger partial charge in [-0.2, -0.15) is 16.8 Å². The van der Waals surface area contributed by atoms with Crippen LogP contribution in [0.25, 0.3) is 0 Å². The summed E-state index contributed by atoms with van der Waals surface area (Å²) < 4.78 is 67.0. The lowest BCUT2D eigenvalue weighted by Crippen LogP contribution is -2.46. The fourth-order valence-electron chi connectivity index (χ4n) is 6.28. The molecule has 0 saturated heterocycles. The van der Waals surface area contributed by atoms with Crippen LogP contribution in [0, 0.1) is 24.7 Å². The highest BCUT2D eigenvalue weighted by atomic mass is 32.2. The van der Waals surface area contributed by atoms with Crippen molar-refractivity contribution in [1.82, 2.24) is 0 Å². The molecule has 1 N–H and O–H groups in total. The Labute approximate surface area is 298 Å². The van der Waals surface area contributed by atoms with Gasteiger partial charge in [0.05, 0.1) is 29.1 Å². The van der Waals surface area contributed by atoms with Crippen LogP contribution in [-0.4, -0.2) is 55.7 Å². The van der Waals surface area contributed by atoms with Gasteiger partial charge < -0.3 is 9.53 Å². The van der Waals surface area contributed by atoms with Crippen molar-refractivity contribution >= 4 is 28.6 Å². The largest absolute Gasteiger partial charge is 0.414 e. The molecule has 0 aliphatic heterocycles. The monoisotopic (exact) mass is 738 g/mol. The molecule has 2 aromatic rings. The zero-order valence-corrected chi connectivity index (χ0v) is 34.0. The lowest BCUT2D eigenvalue weighted by Gasteiger charge is -2.44. The summed E-state index contributed by atoms with van der Waals surface area (Å²) in [4.78, 5) is 0.439. The first-order chi connectivity index (χ1) is 22.7. The molecule has 11 heteroatoms. The van der Waals surface area contributed by atoms with Crippen molar-refractivity contribution in [3.63, 3.8) is 0 Å².